The van der Waals surface area contributed by atoms with Crippen LogP contribution in [0.3, 0.4) is 0 Å². The Kier molecular flexibility index (Phi) is 2.58. The minimum atomic E-state index is 0.943. The Hall–Kier alpha value is -0.681. The molecule has 0 fully saturated rings. The molecule has 50 valence electrons. The third kappa shape index (κ3) is 1.93. The van der Waals surface area contributed by atoms with Gasteiger partial charge in [-0.2, -0.15) is 0 Å². The fourth-order valence-corrected chi connectivity index (χ4v) is 0.971. The van der Waals surface area contributed by atoms with Crippen LogP contribution in [0.2, 0.25) is 0 Å². The third-order valence-corrected chi connectivity index (χ3v) is 1.37. The van der Waals surface area contributed by atoms with Crippen LogP contribution in [0, 0.1) is 6.92 Å². The first-order valence-corrected chi connectivity index (χ1v) is 3.83. The zero-order valence-corrected chi connectivity index (χ0v) is 7.38. The SMILES string of the molecule is Cc1cccc(N=C=[Se])c1. The van der Waals surface area contributed by atoms with Crippen molar-refractivity contribution in [1.29, 1.82) is 0 Å². The van der Waals surface area contributed by atoms with Crippen molar-refractivity contribution < 1.29 is 0 Å². The van der Waals surface area contributed by atoms with Gasteiger partial charge in [0.25, 0.3) is 0 Å². The number of nitrogens with zero attached hydrogens (tertiary/aromatic N) is 1. The van der Waals surface area contributed by atoms with E-state index in [0.717, 1.165) is 5.69 Å². The van der Waals surface area contributed by atoms with Gasteiger partial charge in [-0.05, 0) is 0 Å². The molecule has 0 radical (unpaired) electrons. The molecule has 0 spiro atoms. The van der Waals surface area contributed by atoms with E-state index in [4.69, 9.17) is 0 Å². The van der Waals surface area contributed by atoms with Gasteiger partial charge in [0.2, 0.25) is 0 Å². The Morgan fingerprint density at radius 2 is 2.30 bits per heavy atom. The third-order valence-electron chi connectivity index (χ3n) is 1.18. The molecule has 0 saturated heterocycles. The number of aliphatic imine (C=N–C) groups is 1. The number of hydrogen-bond donors (Lipinski definition) is 0. The van der Waals surface area contributed by atoms with Gasteiger partial charge in [0.1, 0.15) is 0 Å². The van der Waals surface area contributed by atoms with Crippen LogP contribution in [0.1, 0.15) is 5.56 Å². The predicted octanol–water partition coefficient (Wildman–Crippen LogP) is 1.70. The number of rotatable bonds is 1. The van der Waals surface area contributed by atoms with E-state index in [1.54, 1.807) is 0 Å². The molecule has 1 aromatic rings. The molecule has 2 heteroatoms. The fraction of sp³-hybridized carbons (Fsp3) is 0.125. The summed E-state index contributed by atoms with van der Waals surface area (Å²) in [5.74, 6) is 0. The molecule has 0 aliphatic heterocycles. The zero-order valence-electron chi connectivity index (χ0n) is 5.66. The van der Waals surface area contributed by atoms with Crippen molar-refractivity contribution in [2.24, 2.45) is 4.99 Å². The van der Waals surface area contributed by atoms with E-state index < -0.39 is 0 Å². The van der Waals surface area contributed by atoms with Gasteiger partial charge in [-0.15, -0.1) is 0 Å². The van der Waals surface area contributed by atoms with Crippen LogP contribution >= 0.6 is 0 Å². The second-order valence-corrected chi connectivity index (χ2v) is 2.43. The first kappa shape index (κ1) is 7.43. The summed E-state index contributed by atoms with van der Waals surface area (Å²) in [6, 6.07) is 7.96. The minimum absolute atomic E-state index is 0.943. The Balaban J connectivity index is 3.06. The second kappa shape index (κ2) is 3.48. The molecule has 0 bridgehead atoms. The van der Waals surface area contributed by atoms with Gasteiger partial charge >= 0.3 is 67.7 Å². The molecule has 0 unspecified atom stereocenters. The maximum absolute atomic E-state index is 3.96. The van der Waals surface area contributed by atoms with E-state index in [1.807, 2.05) is 31.2 Å². The van der Waals surface area contributed by atoms with Crippen LogP contribution in [0.5, 0.6) is 0 Å². The molecule has 1 nitrogen and oxygen atoms in total. The van der Waals surface area contributed by atoms with Gasteiger partial charge in [-0.3, -0.25) is 0 Å². The van der Waals surface area contributed by atoms with Crippen molar-refractivity contribution in [2.45, 2.75) is 6.92 Å². The fourth-order valence-electron chi connectivity index (χ4n) is 0.750. The summed E-state index contributed by atoms with van der Waals surface area (Å²) in [6.45, 7) is 2.04. The van der Waals surface area contributed by atoms with Crippen molar-refractivity contribution in [3.63, 3.8) is 0 Å². The number of aryl methyl sites for hydroxylation is 1. The summed E-state index contributed by atoms with van der Waals surface area (Å²) in [6.07, 6.45) is 0. The molecule has 0 N–H and O–H groups in total. The summed E-state index contributed by atoms with van der Waals surface area (Å²) in [4.78, 5) is 3.96. The van der Waals surface area contributed by atoms with E-state index in [0.29, 0.717) is 0 Å². The molecule has 0 saturated carbocycles. The Bertz CT molecular complexity index is 274. The molecule has 0 aliphatic carbocycles. The van der Waals surface area contributed by atoms with E-state index in [9.17, 15) is 0 Å². The molecule has 0 heterocycles. The Labute approximate surface area is 68.2 Å². The molecule has 0 aliphatic rings. The number of benzene rings is 1. The summed E-state index contributed by atoms with van der Waals surface area (Å²) in [5.41, 5.74) is 2.16. The van der Waals surface area contributed by atoms with Gasteiger partial charge < -0.3 is 0 Å². The van der Waals surface area contributed by atoms with Gasteiger partial charge in [-0.1, -0.05) is 0 Å². The molecular formula is C8H7NSe. The van der Waals surface area contributed by atoms with Crippen molar-refractivity contribution in [2.75, 3.05) is 0 Å². The molecule has 0 aromatic heterocycles. The quantitative estimate of drug-likeness (QED) is 0.478. The average Bonchev–Trinajstić information content (AvgIpc) is 1.88. The van der Waals surface area contributed by atoms with Gasteiger partial charge in [0, 0.05) is 0 Å². The predicted molar refractivity (Wildman–Crippen MR) is 44.0 cm³/mol. The summed E-state index contributed by atoms with van der Waals surface area (Å²) < 4.78 is 2.61. The normalized spacial score (nSPS) is 8.50. The van der Waals surface area contributed by atoms with Crippen LogP contribution in [0.4, 0.5) is 5.69 Å². The van der Waals surface area contributed by atoms with Crippen LogP contribution in [-0.4, -0.2) is 20.3 Å². The van der Waals surface area contributed by atoms with E-state index in [1.165, 1.54) is 5.56 Å². The number of hydrogen-bond acceptors (Lipinski definition) is 1. The van der Waals surface area contributed by atoms with Crippen molar-refractivity contribution >= 4 is 26.0 Å². The summed E-state index contributed by atoms with van der Waals surface area (Å²) >= 11 is 2.59. The van der Waals surface area contributed by atoms with Crippen molar-refractivity contribution in [1.82, 2.24) is 0 Å². The molecular weight excluding hydrogens is 189 g/mol. The molecule has 1 rings (SSSR count). The van der Waals surface area contributed by atoms with Crippen molar-refractivity contribution in [3.8, 4) is 0 Å². The Morgan fingerprint density at radius 3 is 2.90 bits per heavy atom. The molecule has 1 aromatic carbocycles. The monoisotopic (exact) mass is 197 g/mol. The maximum atomic E-state index is 3.96. The first-order chi connectivity index (χ1) is 4.83. The van der Waals surface area contributed by atoms with E-state index >= 15 is 0 Å². The van der Waals surface area contributed by atoms with Crippen LogP contribution in [0.25, 0.3) is 0 Å². The topological polar surface area (TPSA) is 12.4 Å². The second-order valence-electron chi connectivity index (χ2n) is 2.04. The van der Waals surface area contributed by atoms with Crippen molar-refractivity contribution in [3.05, 3.63) is 29.8 Å². The van der Waals surface area contributed by atoms with Gasteiger partial charge in [0.15, 0.2) is 0 Å². The van der Waals surface area contributed by atoms with E-state index in [2.05, 4.69) is 25.3 Å². The zero-order chi connectivity index (χ0) is 7.40. The molecule has 10 heavy (non-hydrogen) atoms. The molecule has 0 atom stereocenters. The van der Waals surface area contributed by atoms with Crippen LogP contribution < -0.4 is 0 Å². The average molecular weight is 196 g/mol. The Morgan fingerprint density at radius 1 is 1.50 bits per heavy atom. The van der Waals surface area contributed by atoms with Gasteiger partial charge in [-0.25, -0.2) is 0 Å². The molecule has 0 amide bonds. The first-order valence-electron chi connectivity index (χ1n) is 2.97. The van der Waals surface area contributed by atoms with E-state index in [-0.39, 0.29) is 0 Å². The summed E-state index contributed by atoms with van der Waals surface area (Å²) in [7, 11) is 0. The standard InChI is InChI=1S/C8H7NSe/c1-7-3-2-4-8(5-7)9-6-10/h2-5H,1H3. The van der Waals surface area contributed by atoms with Gasteiger partial charge in [0.05, 0.1) is 0 Å². The summed E-state index contributed by atoms with van der Waals surface area (Å²) in [5, 5.41) is 0. The van der Waals surface area contributed by atoms with Crippen LogP contribution in [-0.2, 0) is 0 Å². The van der Waals surface area contributed by atoms with Crippen LogP contribution in [0.15, 0.2) is 29.3 Å².